The van der Waals surface area contributed by atoms with Gasteiger partial charge in [0.2, 0.25) is 5.91 Å². The highest BCUT2D eigenvalue weighted by atomic mass is 79.9. The fourth-order valence-electron chi connectivity index (χ4n) is 2.26. The van der Waals surface area contributed by atoms with Crippen LogP contribution >= 0.6 is 15.9 Å². The second-order valence-corrected chi connectivity index (χ2v) is 7.94. The van der Waals surface area contributed by atoms with E-state index in [1.54, 1.807) is 24.3 Å². The quantitative estimate of drug-likeness (QED) is 0.700. The first-order chi connectivity index (χ1) is 11.8. The Morgan fingerprint density at radius 3 is 2.56 bits per heavy atom. The fourth-order valence-corrected chi connectivity index (χ4v) is 3.49. The molecule has 0 aliphatic heterocycles. The van der Waals surface area contributed by atoms with Crippen LogP contribution in [-0.4, -0.2) is 19.3 Å². The summed E-state index contributed by atoms with van der Waals surface area (Å²) in [4.78, 5) is 15.8. The lowest BCUT2D eigenvalue weighted by Gasteiger charge is -2.08. The highest BCUT2D eigenvalue weighted by molar-refractivity contribution is 9.10. The largest absolute Gasteiger partial charge is 0.274 e. The highest BCUT2D eigenvalue weighted by Crippen LogP contribution is 2.18. The number of aromatic nitrogens is 1. The molecule has 0 aliphatic carbocycles. The molecule has 0 saturated carbocycles. The van der Waals surface area contributed by atoms with Crippen molar-refractivity contribution < 1.29 is 17.6 Å². The zero-order chi connectivity index (χ0) is 18.0. The Balaban J connectivity index is 1.81. The normalized spacial score (nSPS) is 11.4. The van der Waals surface area contributed by atoms with E-state index in [9.17, 15) is 17.6 Å². The maximum absolute atomic E-state index is 13.3. The van der Waals surface area contributed by atoms with E-state index >= 15 is 0 Å². The van der Waals surface area contributed by atoms with Crippen LogP contribution in [0.25, 0.3) is 10.9 Å². The number of hydrogen-bond acceptors (Lipinski definition) is 4. The van der Waals surface area contributed by atoms with Gasteiger partial charge < -0.3 is 0 Å². The molecule has 0 fully saturated rings. The zero-order valence-electron chi connectivity index (χ0n) is 12.7. The third-order valence-electron chi connectivity index (χ3n) is 3.45. The second kappa shape index (κ2) is 6.89. The minimum absolute atomic E-state index is 0.0812. The van der Waals surface area contributed by atoms with Crippen LogP contribution in [0.2, 0.25) is 0 Å². The standard InChI is InChI=1S/C17H12BrFN2O3S/c18-13-3-1-11(2-4-13)7-17(22)21-25(23,24)15-9-12-8-14(19)5-6-16(12)20-10-15/h1-6,8-10H,7H2,(H,21,22). The second-order valence-electron chi connectivity index (χ2n) is 5.34. The molecule has 25 heavy (non-hydrogen) atoms. The van der Waals surface area contributed by atoms with Crippen molar-refractivity contribution in [1.82, 2.24) is 9.71 Å². The molecule has 3 rings (SSSR count). The van der Waals surface area contributed by atoms with Crippen LogP contribution in [0, 0.1) is 5.82 Å². The fraction of sp³-hybridized carbons (Fsp3) is 0.0588. The monoisotopic (exact) mass is 422 g/mol. The van der Waals surface area contributed by atoms with Crippen molar-refractivity contribution in [2.75, 3.05) is 0 Å². The molecule has 2 aromatic carbocycles. The molecule has 0 saturated heterocycles. The topological polar surface area (TPSA) is 76.1 Å². The third kappa shape index (κ3) is 4.21. The summed E-state index contributed by atoms with van der Waals surface area (Å²) < 4.78 is 40.8. The van der Waals surface area contributed by atoms with Gasteiger partial charge >= 0.3 is 0 Å². The molecule has 0 radical (unpaired) electrons. The highest BCUT2D eigenvalue weighted by Gasteiger charge is 2.19. The van der Waals surface area contributed by atoms with Gasteiger partial charge in [0.1, 0.15) is 10.7 Å². The molecule has 5 nitrogen and oxygen atoms in total. The number of nitrogens with zero attached hydrogens (tertiary/aromatic N) is 1. The number of carbonyl (C=O) groups excluding carboxylic acids is 1. The first kappa shape index (κ1) is 17.5. The van der Waals surface area contributed by atoms with Crippen molar-refractivity contribution in [3.8, 4) is 0 Å². The lowest BCUT2D eigenvalue weighted by Crippen LogP contribution is -2.31. The molecule has 1 aromatic heterocycles. The Kier molecular flexibility index (Phi) is 4.82. The molecule has 3 aromatic rings. The summed E-state index contributed by atoms with van der Waals surface area (Å²) in [7, 11) is -4.09. The maximum Gasteiger partial charge on any atom is 0.265 e. The summed E-state index contributed by atoms with van der Waals surface area (Å²) in [5, 5.41) is 0.336. The van der Waals surface area contributed by atoms with Gasteiger partial charge in [0.15, 0.2) is 0 Å². The van der Waals surface area contributed by atoms with Crippen molar-refractivity contribution in [3.05, 3.63) is 70.6 Å². The van der Waals surface area contributed by atoms with Crippen LogP contribution in [-0.2, 0) is 21.2 Å². The van der Waals surface area contributed by atoms with E-state index in [4.69, 9.17) is 0 Å². The van der Waals surface area contributed by atoms with Gasteiger partial charge in [-0.1, -0.05) is 28.1 Å². The van der Waals surface area contributed by atoms with E-state index in [0.717, 1.165) is 10.7 Å². The number of rotatable bonds is 4. The van der Waals surface area contributed by atoms with Gasteiger partial charge in [-0.05, 0) is 42.0 Å². The zero-order valence-corrected chi connectivity index (χ0v) is 15.1. The summed E-state index contributed by atoms with van der Waals surface area (Å²) in [6.45, 7) is 0. The number of fused-ring (bicyclic) bond motifs is 1. The first-order valence-electron chi connectivity index (χ1n) is 7.19. The lowest BCUT2D eigenvalue weighted by atomic mass is 10.1. The Labute approximate surface area is 152 Å². The van der Waals surface area contributed by atoms with E-state index in [0.29, 0.717) is 16.5 Å². The number of nitrogens with one attached hydrogen (secondary N) is 1. The summed E-state index contributed by atoms with van der Waals surface area (Å²) in [6.07, 6.45) is 1.05. The van der Waals surface area contributed by atoms with Gasteiger partial charge in [-0.3, -0.25) is 9.78 Å². The summed E-state index contributed by atoms with van der Waals surface area (Å²) in [6, 6.07) is 12.1. The Bertz CT molecular complexity index is 1050. The van der Waals surface area contributed by atoms with Crippen LogP contribution in [0.3, 0.4) is 0 Å². The first-order valence-corrected chi connectivity index (χ1v) is 9.46. The minimum atomic E-state index is -4.09. The van der Waals surface area contributed by atoms with Crippen molar-refractivity contribution in [2.45, 2.75) is 11.3 Å². The van der Waals surface area contributed by atoms with Crippen molar-refractivity contribution >= 4 is 42.8 Å². The lowest BCUT2D eigenvalue weighted by molar-refractivity contribution is -0.118. The van der Waals surface area contributed by atoms with E-state index in [1.807, 2.05) is 4.72 Å². The third-order valence-corrected chi connectivity index (χ3v) is 5.32. The molecule has 0 spiro atoms. The van der Waals surface area contributed by atoms with E-state index < -0.39 is 21.7 Å². The Morgan fingerprint density at radius 1 is 1.12 bits per heavy atom. The Morgan fingerprint density at radius 2 is 1.84 bits per heavy atom. The van der Waals surface area contributed by atoms with Crippen molar-refractivity contribution in [1.29, 1.82) is 0 Å². The molecule has 0 aliphatic rings. The number of hydrogen-bond donors (Lipinski definition) is 1. The minimum Gasteiger partial charge on any atom is -0.274 e. The molecule has 1 amide bonds. The number of carbonyl (C=O) groups is 1. The number of amides is 1. The molecular formula is C17H12BrFN2O3S. The summed E-state index contributed by atoms with van der Waals surface area (Å²) in [5.41, 5.74) is 1.14. The van der Waals surface area contributed by atoms with Crippen LogP contribution in [0.1, 0.15) is 5.56 Å². The van der Waals surface area contributed by atoms with Crippen LogP contribution in [0.5, 0.6) is 0 Å². The molecule has 0 atom stereocenters. The van der Waals surface area contributed by atoms with Gasteiger partial charge in [0.05, 0.1) is 11.9 Å². The molecule has 0 bridgehead atoms. The average Bonchev–Trinajstić information content (AvgIpc) is 2.55. The van der Waals surface area contributed by atoms with Crippen molar-refractivity contribution in [2.24, 2.45) is 0 Å². The van der Waals surface area contributed by atoms with Gasteiger partial charge in [0.25, 0.3) is 10.0 Å². The molecule has 8 heteroatoms. The smallest absolute Gasteiger partial charge is 0.265 e. The van der Waals surface area contributed by atoms with Gasteiger partial charge in [-0.25, -0.2) is 17.5 Å². The molecule has 1 N–H and O–H groups in total. The van der Waals surface area contributed by atoms with Crippen LogP contribution < -0.4 is 4.72 Å². The number of pyridine rings is 1. The predicted molar refractivity (Wildman–Crippen MR) is 94.9 cm³/mol. The molecular weight excluding hydrogens is 411 g/mol. The number of halogens is 2. The van der Waals surface area contributed by atoms with E-state index in [-0.39, 0.29) is 11.3 Å². The molecule has 1 heterocycles. The molecule has 128 valence electrons. The molecule has 0 unspecified atom stereocenters. The Hall–Kier alpha value is -2.32. The number of benzene rings is 2. The van der Waals surface area contributed by atoms with Gasteiger partial charge in [0, 0.05) is 16.1 Å². The van der Waals surface area contributed by atoms with Crippen molar-refractivity contribution in [3.63, 3.8) is 0 Å². The maximum atomic E-state index is 13.3. The SMILES string of the molecule is O=C(Cc1ccc(Br)cc1)NS(=O)(=O)c1cnc2ccc(F)cc2c1. The predicted octanol–water partition coefficient (Wildman–Crippen LogP) is 3.18. The van der Waals surface area contributed by atoms with Crippen LogP contribution in [0.15, 0.2) is 64.1 Å². The van der Waals surface area contributed by atoms with Crippen LogP contribution in [0.4, 0.5) is 4.39 Å². The summed E-state index contributed by atoms with van der Waals surface area (Å²) in [5.74, 6) is -1.16. The van der Waals surface area contributed by atoms with E-state index in [2.05, 4.69) is 20.9 Å². The average molecular weight is 423 g/mol. The van der Waals surface area contributed by atoms with Gasteiger partial charge in [-0.15, -0.1) is 0 Å². The summed E-state index contributed by atoms with van der Waals surface area (Å²) >= 11 is 3.29. The number of sulfonamides is 1. The van der Waals surface area contributed by atoms with E-state index in [1.165, 1.54) is 24.3 Å². The van der Waals surface area contributed by atoms with Gasteiger partial charge in [-0.2, -0.15) is 0 Å².